The monoisotopic (exact) mass is 569 g/mol. The van der Waals surface area contributed by atoms with Crippen LogP contribution in [0.1, 0.15) is 24.0 Å². The molecule has 8 heteroatoms. The number of rotatable bonds is 10. The molecular formula is C28H29BrClN3O3. The molecule has 0 unspecified atom stereocenters. The molecule has 0 atom stereocenters. The van der Waals surface area contributed by atoms with Crippen molar-refractivity contribution in [2.24, 2.45) is 0 Å². The second-order valence-electron chi connectivity index (χ2n) is 8.70. The average molecular weight is 571 g/mol. The summed E-state index contributed by atoms with van der Waals surface area (Å²) in [5, 5.41) is 12.1. The Labute approximate surface area is 225 Å². The molecule has 0 N–H and O–H groups in total. The molecule has 36 heavy (non-hydrogen) atoms. The van der Waals surface area contributed by atoms with Gasteiger partial charge in [0.1, 0.15) is 5.75 Å². The summed E-state index contributed by atoms with van der Waals surface area (Å²) in [4.78, 5) is 15.8. The predicted octanol–water partition coefficient (Wildman–Crippen LogP) is 7.16. The van der Waals surface area contributed by atoms with E-state index in [0.717, 1.165) is 60.6 Å². The summed E-state index contributed by atoms with van der Waals surface area (Å²) in [5.74, 6) is 0.652. The molecular weight excluding hydrogens is 542 g/mol. The van der Waals surface area contributed by atoms with Crippen LogP contribution >= 0.6 is 27.5 Å². The summed E-state index contributed by atoms with van der Waals surface area (Å²) < 4.78 is 7.00. The van der Waals surface area contributed by atoms with Gasteiger partial charge in [-0.25, -0.2) is 0 Å². The fourth-order valence-corrected chi connectivity index (χ4v) is 4.82. The molecule has 0 aromatic heterocycles. The van der Waals surface area contributed by atoms with Gasteiger partial charge in [0.2, 0.25) is 0 Å². The number of non-ortho nitro benzene ring substituents is 1. The molecule has 1 saturated heterocycles. The lowest BCUT2D eigenvalue weighted by molar-refractivity contribution is -0.384. The maximum atomic E-state index is 11.3. The van der Waals surface area contributed by atoms with E-state index in [2.05, 4.69) is 31.8 Å². The summed E-state index contributed by atoms with van der Waals surface area (Å²) in [6, 6.07) is 20.6. The summed E-state index contributed by atoms with van der Waals surface area (Å²) >= 11 is 9.67. The Balaban J connectivity index is 1.26. The summed E-state index contributed by atoms with van der Waals surface area (Å²) in [7, 11) is 0. The quantitative estimate of drug-likeness (QED) is 0.112. The van der Waals surface area contributed by atoms with Crippen molar-refractivity contribution in [2.45, 2.75) is 12.8 Å². The molecule has 0 aliphatic carbocycles. The molecule has 0 spiro atoms. The maximum Gasteiger partial charge on any atom is 0.270 e. The zero-order valence-electron chi connectivity index (χ0n) is 20.0. The Bertz CT molecular complexity index is 1210. The minimum Gasteiger partial charge on any atom is -0.493 e. The second-order valence-corrected chi connectivity index (χ2v) is 9.99. The topological polar surface area (TPSA) is 58.9 Å². The molecule has 4 rings (SSSR count). The first kappa shape index (κ1) is 26.2. The molecule has 1 aliphatic rings. The summed E-state index contributed by atoms with van der Waals surface area (Å²) in [6.07, 6.45) is 5.74. The highest BCUT2D eigenvalue weighted by Crippen LogP contribution is 2.28. The van der Waals surface area contributed by atoms with Crippen LogP contribution in [0.3, 0.4) is 0 Å². The molecule has 0 amide bonds. The molecule has 3 aromatic rings. The van der Waals surface area contributed by atoms with E-state index in [9.17, 15) is 10.1 Å². The van der Waals surface area contributed by atoms with Gasteiger partial charge in [-0.05, 0) is 55.3 Å². The van der Waals surface area contributed by atoms with E-state index < -0.39 is 0 Å². The lowest BCUT2D eigenvalue weighted by Gasteiger charge is -2.36. The van der Waals surface area contributed by atoms with Crippen LogP contribution in [0.4, 0.5) is 11.4 Å². The van der Waals surface area contributed by atoms with E-state index in [1.54, 1.807) is 12.1 Å². The number of ether oxygens (including phenoxy) is 1. The van der Waals surface area contributed by atoms with Gasteiger partial charge in [0, 0.05) is 59.1 Å². The van der Waals surface area contributed by atoms with Gasteiger partial charge >= 0.3 is 0 Å². The highest BCUT2D eigenvalue weighted by molar-refractivity contribution is 9.10. The van der Waals surface area contributed by atoms with Crippen molar-refractivity contribution in [3.05, 3.63) is 97.5 Å². The van der Waals surface area contributed by atoms with Crippen LogP contribution < -0.4 is 9.64 Å². The smallest absolute Gasteiger partial charge is 0.270 e. The van der Waals surface area contributed by atoms with Crippen molar-refractivity contribution in [3.63, 3.8) is 0 Å². The summed E-state index contributed by atoms with van der Waals surface area (Å²) in [5.41, 5.74) is 2.91. The van der Waals surface area contributed by atoms with Gasteiger partial charge in [-0.15, -0.1) is 0 Å². The molecule has 1 heterocycles. The van der Waals surface area contributed by atoms with Crippen LogP contribution in [0.25, 0.3) is 12.2 Å². The molecule has 3 aromatic carbocycles. The number of halogens is 2. The lowest BCUT2D eigenvalue weighted by atomic mass is 10.1. The Morgan fingerprint density at radius 2 is 1.72 bits per heavy atom. The van der Waals surface area contributed by atoms with E-state index >= 15 is 0 Å². The van der Waals surface area contributed by atoms with Crippen molar-refractivity contribution < 1.29 is 9.66 Å². The molecule has 0 bridgehead atoms. The molecule has 1 aliphatic heterocycles. The Morgan fingerprint density at radius 1 is 0.944 bits per heavy atom. The van der Waals surface area contributed by atoms with E-state index in [-0.39, 0.29) is 10.6 Å². The number of nitro benzene ring substituents is 1. The van der Waals surface area contributed by atoms with E-state index in [1.807, 2.05) is 54.6 Å². The van der Waals surface area contributed by atoms with Gasteiger partial charge in [-0.2, -0.15) is 0 Å². The van der Waals surface area contributed by atoms with Crippen LogP contribution in [-0.4, -0.2) is 49.2 Å². The lowest BCUT2D eigenvalue weighted by Crippen LogP contribution is -2.46. The fraction of sp³-hybridized carbons (Fsp3) is 0.286. The number of hydrogen-bond acceptors (Lipinski definition) is 5. The van der Waals surface area contributed by atoms with Gasteiger partial charge < -0.3 is 9.64 Å². The van der Waals surface area contributed by atoms with Gasteiger partial charge in [-0.1, -0.05) is 63.9 Å². The highest BCUT2D eigenvalue weighted by Gasteiger charge is 2.17. The van der Waals surface area contributed by atoms with E-state index in [0.29, 0.717) is 17.9 Å². The van der Waals surface area contributed by atoms with Crippen LogP contribution in [-0.2, 0) is 0 Å². The first-order valence-corrected chi connectivity index (χ1v) is 13.2. The Kier molecular flexibility index (Phi) is 9.39. The molecule has 188 valence electrons. The third-order valence-electron chi connectivity index (χ3n) is 6.22. The van der Waals surface area contributed by atoms with Gasteiger partial charge in [0.05, 0.1) is 11.5 Å². The number of anilines is 1. The molecule has 0 radical (unpaired) electrons. The number of hydrogen-bond donors (Lipinski definition) is 0. The number of benzene rings is 3. The van der Waals surface area contributed by atoms with Gasteiger partial charge in [0.25, 0.3) is 5.69 Å². The van der Waals surface area contributed by atoms with E-state index in [1.165, 1.54) is 11.8 Å². The highest BCUT2D eigenvalue weighted by atomic mass is 79.9. The second kappa shape index (κ2) is 12.9. The van der Waals surface area contributed by atoms with Crippen molar-refractivity contribution in [1.82, 2.24) is 4.90 Å². The number of piperazine rings is 1. The van der Waals surface area contributed by atoms with Crippen molar-refractivity contribution in [3.8, 4) is 5.75 Å². The minimum atomic E-state index is -0.383. The van der Waals surface area contributed by atoms with Crippen LogP contribution in [0, 0.1) is 10.1 Å². The zero-order chi connectivity index (χ0) is 25.3. The first-order valence-electron chi connectivity index (χ1n) is 12.1. The molecule has 6 nitrogen and oxygen atoms in total. The maximum absolute atomic E-state index is 11.3. The third-order valence-corrected chi connectivity index (χ3v) is 7.18. The predicted molar refractivity (Wildman–Crippen MR) is 151 cm³/mol. The first-order chi connectivity index (χ1) is 17.5. The summed E-state index contributed by atoms with van der Waals surface area (Å²) in [6.45, 7) is 5.64. The van der Waals surface area contributed by atoms with Crippen LogP contribution in [0.15, 0.2) is 71.2 Å². The average Bonchev–Trinajstić information content (AvgIpc) is 2.88. The van der Waals surface area contributed by atoms with Crippen molar-refractivity contribution in [2.75, 3.05) is 44.2 Å². The minimum absolute atomic E-state index is 0.0473. The zero-order valence-corrected chi connectivity index (χ0v) is 22.3. The third kappa shape index (κ3) is 7.32. The van der Waals surface area contributed by atoms with Crippen molar-refractivity contribution >= 4 is 51.1 Å². The molecule has 1 fully saturated rings. The standard InChI is InChI=1S/C28H29BrClN3O3/c29-27-9-2-1-6-22(27)10-11-23-20-26(33(34)35)12-13-28(23)36-19-4-3-14-31-15-17-32(18-16-31)25-8-5-7-24(30)21-25/h1-2,5-13,20-21H,3-4,14-19H2/b11-10+. The van der Waals surface area contributed by atoms with Crippen molar-refractivity contribution in [1.29, 1.82) is 0 Å². The SMILES string of the molecule is O=[N+]([O-])c1ccc(OCCCCN2CCN(c3cccc(Cl)c3)CC2)c(/C=C/c2ccccc2Br)c1. The van der Waals surface area contributed by atoms with Gasteiger partial charge in [0.15, 0.2) is 0 Å². The largest absolute Gasteiger partial charge is 0.493 e. The Hall–Kier alpha value is -2.87. The molecule has 0 saturated carbocycles. The fourth-order valence-electron chi connectivity index (χ4n) is 4.22. The number of nitrogens with zero attached hydrogens (tertiary/aromatic N) is 3. The Morgan fingerprint density at radius 3 is 2.47 bits per heavy atom. The van der Waals surface area contributed by atoms with Crippen LogP contribution in [0.2, 0.25) is 5.02 Å². The number of unbranched alkanes of at least 4 members (excludes halogenated alkanes) is 1. The normalized spacial score (nSPS) is 14.3. The van der Waals surface area contributed by atoms with Crippen LogP contribution in [0.5, 0.6) is 5.75 Å². The van der Waals surface area contributed by atoms with Gasteiger partial charge in [-0.3, -0.25) is 15.0 Å². The number of nitro groups is 1. The van der Waals surface area contributed by atoms with E-state index in [4.69, 9.17) is 16.3 Å².